The van der Waals surface area contributed by atoms with Crippen molar-refractivity contribution < 1.29 is 5.11 Å². The van der Waals surface area contributed by atoms with E-state index in [-0.39, 0.29) is 6.61 Å². The van der Waals surface area contributed by atoms with Gasteiger partial charge in [0.25, 0.3) is 0 Å². The number of hydrogen-bond acceptors (Lipinski definition) is 1. The SMILES string of the molecule is CCC/C=C\C=C/CCO. The average Bonchev–Trinajstić information content (AvgIpc) is 1.97. The summed E-state index contributed by atoms with van der Waals surface area (Å²) in [6, 6.07) is 0. The van der Waals surface area contributed by atoms with Crippen LogP contribution in [0.1, 0.15) is 26.2 Å². The maximum atomic E-state index is 8.39. The summed E-state index contributed by atoms with van der Waals surface area (Å²) >= 11 is 0. The fraction of sp³-hybridized carbons (Fsp3) is 0.556. The highest BCUT2D eigenvalue weighted by Crippen LogP contribution is 1.89. The van der Waals surface area contributed by atoms with E-state index in [1.807, 2.05) is 18.2 Å². The molecule has 0 fully saturated rings. The summed E-state index contributed by atoms with van der Waals surface area (Å²) in [7, 11) is 0. The van der Waals surface area contributed by atoms with Crippen LogP contribution in [0.25, 0.3) is 0 Å². The molecule has 0 saturated heterocycles. The molecular weight excluding hydrogens is 124 g/mol. The molecular formula is C9H16O. The first-order valence-corrected chi connectivity index (χ1v) is 3.84. The zero-order valence-corrected chi connectivity index (χ0v) is 6.59. The van der Waals surface area contributed by atoms with E-state index in [9.17, 15) is 0 Å². The minimum absolute atomic E-state index is 0.248. The number of unbranched alkanes of at least 4 members (excludes halogenated alkanes) is 1. The van der Waals surface area contributed by atoms with E-state index >= 15 is 0 Å². The smallest absolute Gasteiger partial charge is 0.0465 e. The van der Waals surface area contributed by atoms with Crippen LogP contribution in [0.5, 0.6) is 0 Å². The van der Waals surface area contributed by atoms with Crippen LogP contribution < -0.4 is 0 Å². The number of aliphatic hydroxyl groups is 1. The number of rotatable bonds is 5. The van der Waals surface area contributed by atoms with Crippen molar-refractivity contribution in [2.45, 2.75) is 26.2 Å². The number of aliphatic hydroxyl groups excluding tert-OH is 1. The molecule has 0 rings (SSSR count). The first-order chi connectivity index (χ1) is 4.91. The zero-order valence-electron chi connectivity index (χ0n) is 6.59. The van der Waals surface area contributed by atoms with Gasteiger partial charge in [0.2, 0.25) is 0 Å². The Labute approximate surface area is 63.1 Å². The normalized spacial score (nSPS) is 11.8. The van der Waals surface area contributed by atoms with Gasteiger partial charge < -0.3 is 5.11 Å². The van der Waals surface area contributed by atoms with Gasteiger partial charge in [-0.05, 0) is 12.8 Å². The standard InChI is InChI=1S/C9H16O/c1-2-3-4-5-6-7-8-9-10/h4-7,10H,2-3,8-9H2,1H3/b5-4-,7-6-. The van der Waals surface area contributed by atoms with Gasteiger partial charge in [-0.15, -0.1) is 0 Å². The van der Waals surface area contributed by atoms with Crippen LogP contribution in [0.2, 0.25) is 0 Å². The van der Waals surface area contributed by atoms with Crippen molar-refractivity contribution in [2.75, 3.05) is 6.61 Å². The van der Waals surface area contributed by atoms with Gasteiger partial charge in [-0.3, -0.25) is 0 Å². The van der Waals surface area contributed by atoms with Gasteiger partial charge in [-0.25, -0.2) is 0 Å². The lowest BCUT2D eigenvalue weighted by atomic mass is 10.3. The highest BCUT2D eigenvalue weighted by atomic mass is 16.2. The Morgan fingerprint density at radius 2 is 1.70 bits per heavy atom. The van der Waals surface area contributed by atoms with E-state index in [1.165, 1.54) is 6.42 Å². The molecule has 0 aromatic carbocycles. The van der Waals surface area contributed by atoms with Crippen LogP contribution >= 0.6 is 0 Å². The van der Waals surface area contributed by atoms with Gasteiger partial charge in [0.15, 0.2) is 0 Å². The van der Waals surface area contributed by atoms with Gasteiger partial charge in [-0.1, -0.05) is 37.6 Å². The molecule has 0 amide bonds. The van der Waals surface area contributed by atoms with Crippen LogP contribution in [0.3, 0.4) is 0 Å². The second kappa shape index (κ2) is 8.44. The van der Waals surface area contributed by atoms with Crippen LogP contribution in [0, 0.1) is 0 Å². The fourth-order valence-electron chi connectivity index (χ4n) is 0.591. The van der Waals surface area contributed by atoms with Gasteiger partial charge in [-0.2, -0.15) is 0 Å². The highest BCUT2D eigenvalue weighted by molar-refractivity contribution is 5.01. The van der Waals surface area contributed by atoms with Crippen molar-refractivity contribution in [1.82, 2.24) is 0 Å². The molecule has 1 nitrogen and oxygen atoms in total. The second-order valence-electron chi connectivity index (χ2n) is 2.16. The monoisotopic (exact) mass is 140 g/mol. The predicted molar refractivity (Wildman–Crippen MR) is 44.9 cm³/mol. The molecule has 1 heteroatoms. The number of allylic oxidation sites excluding steroid dienone is 3. The molecule has 0 unspecified atom stereocenters. The summed E-state index contributed by atoms with van der Waals surface area (Å²) in [6.45, 7) is 2.40. The summed E-state index contributed by atoms with van der Waals surface area (Å²) in [4.78, 5) is 0. The maximum absolute atomic E-state index is 8.39. The Morgan fingerprint density at radius 1 is 1.10 bits per heavy atom. The quantitative estimate of drug-likeness (QED) is 0.581. The Balaban J connectivity index is 3.15. The molecule has 0 aromatic rings. The minimum atomic E-state index is 0.248. The van der Waals surface area contributed by atoms with Crippen LogP contribution in [0.15, 0.2) is 24.3 Å². The summed E-state index contributed by atoms with van der Waals surface area (Å²) in [5.41, 5.74) is 0. The second-order valence-corrected chi connectivity index (χ2v) is 2.16. The predicted octanol–water partition coefficient (Wildman–Crippen LogP) is 2.28. The van der Waals surface area contributed by atoms with Crippen molar-refractivity contribution >= 4 is 0 Å². The lowest BCUT2D eigenvalue weighted by Crippen LogP contribution is -1.73. The third kappa shape index (κ3) is 7.44. The Hall–Kier alpha value is -0.560. The van der Waals surface area contributed by atoms with E-state index in [0.717, 1.165) is 12.8 Å². The van der Waals surface area contributed by atoms with Gasteiger partial charge in [0.05, 0.1) is 0 Å². The van der Waals surface area contributed by atoms with E-state index in [4.69, 9.17) is 5.11 Å². The van der Waals surface area contributed by atoms with E-state index < -0.39 is 0 Å². The molecule has 0 aromatic heterocycles. The molecule has 1 N–H and O–H groups in total. The lowest BCUT2D eigenvalue weighted by Gasteiger charge is -1.81. The average molecular weight is 140 g/mol. The molecule has 0 saturated carbocycles. The molecule has 0 heterocycles. The fourth-order valence-corrected chi connectivity index (χ4v) is 0.591. The third-order valence-electron chi connectivity index (χ3n) is 1.13. The Kier molecular flexibility index (Phi) is 7.97. The van der Waals surface area contributed by atoms with Crippen molar-refractivity contribution in [1.29, 1.82) is 0 Å². The summed E-state index contributed by atoms with van der Waals surface area (Å²) in [5.74, 6) is 0. The van der Waals surface area contributed by atoms with Crippen molar-refractivity contribution in [3.05, 3.63) is 24.3 Å². The van der Waals surface area contributed by atoms with Crippen molar-refractivity contribution in [2.24, 2.45) is 0 Å². The minimum Gasteiger partial charge on any atom is -0.396 e. The van der Waals surface area contributed by atoms with E-state index in [0.29, 0.717) is 0 Å². The third-order valence-corrected chi connectivity index (χ3v) is 1.13. The zero-order chi connectivity index (χ0) is 7.66. The Bertz CT molecular complexity index is 89.3. The van der Waals surface area contributed by atoms with Gasteiger partial charge in [0.1, 0.15) is 0 Å². The van der Waals surface area contributed by atoms with Crippen LogP contribution in [-0.4, -0.2) is 11.7 Å². The molecule has 10 heavy (non-hydrogen) atoms. The molecule has 0 aliphatic carbocycles. The van der Waals surface area contributed by atoms with E-state index in [2.05, 4.69) is 13.0 Å². The van der Waals surface area contributed by atoms with Crippen molar-refractivity contribution in [3.63, 3.8) is 0 Å². The first-order valence-electron chi connectivity index (χ1n) is 3.84. The van der Waals surface area contributed by atoms with Crippen LogP contribution in [-0.2, 0) is 0 Å². The molecule has 0 aliphatic heterocycles. The van der Waals surface area contributed by atoms with Crippen molar-refractivity contribution in [3.8, 4) is 0 Å². The molecule has 0 atom stereocenters. The van der Waals surface area contributed by atoms with E-state index in [1.54, 1.807) is 0 Å². The molecule has 0 bridgehead atoms. The highest BCUT2D eigenvalue weighted by Gasteiger charge is 1.71. The molecule has 0 spiro atoms. The topological polar surface area (TPSA) is 20.2 Å². The summed E-state index contributed by atoms with van der Waals surface area (Å²) in [6.07, 6.45) is 11.2. The maximum Gasteiger partial charge on any atom is 0.0465 e. The Morgan fingerprint density at radius 3 is 2.20 bits per heavy atom. The van der Waals surface area contributed by atoms with Gasteiger partial charge in [0, 0.05) is 6.61 Å². The first kappa shape index (κ1) is 9.44. The lowest BCUT2D eigenvalue weighted by molar-refractivity contribution is 0.302. The number of hydrogen-bond donors (Lipinski definition) is 1. The summed E-state index contributed by atoms with van der Waals surface area (Å²) in [5, 5.41) is 8.39. The molecule has 0 radical (unpaired) electrons. The molecule has 0 aliphatic rings. The van der Waals surface area contributed by atoms with Crippen LogP contribution in [0.4, 0.5) is 0 Å². The largest absolute Gasteiger partial charge is 0.396 e. The van der Waals surface area contributed by atoms with Gasteiger partial charge >= 0.3 is 0 Å². The summed E-state index contributed by atoms with van der Waals surface area (Å²) < 4.78 is 0. The molecule has 58 valence electrons.